The van der Waals surface area contributed by atoms with E-state index in [0.29, 0.717) is 21.4 Å². The van der Waals surface area contributed by atoms with Crippen molar-refractivity contribution in [3.05, 3.63) is 70.4 Å². The first-order chi connectivity index (χ1) is 16.1. The van der Waals surface area contributed by atoms with E-state index in [9.17, 15) is 18.9 Å². The lowest BCUT2D eigenvalue weighted by atomic mass is 10.2. The van der Waals surface area contributed by atoms with E-state index in [4.69, 9.17) is 4.52 Å². The van der Waals surface area contributed by atoms with Crippen molar-refractivity contribution in [2.24, 2.45) is 0 Å². The van der Waals surface area contributed by atoms with Crippen LogP contribution >= 0.6 is 18.9 Å². The molecule has 0 saturated carbocycles. The molecule has 8 heteroatoms. The van der Waals surface area contributed by atoms with Crippen LogP contribution in [0.15, 0.2) is 48.5 Å². The van der Waals surface area contributed by atoms with Gasteiger partial charge in [-0.05, 0) is 70.0 Å². The number of benzene rings is 2. The Morgan fingerprint density at radius 1 is 1.12 bits per heavy atom. The van der Waals surface area contributed by atoms with Crippen LogP contribution in [-0.2, 0) is 9.09 Å². The van der Waals surface area contributed by atoms with Crippen LogP contribution in [0.3, 0.4) is 0 Å². The second-order valence-electron chi connectivity index (χ2n) is 7.80. The second-order valence-corrected chi connectivity index (χ2v) is 11.1. The van der Waals surface area contributed by atoms with E-state index in [0.717, 1.165) is 22.5 Å². The van der Waals surface area contributed by atoms with Gasteiger partial charge in [0.05, 0.1) is 17.6 Å². The van der Waals surface area contributed by atoms with E-state index >= 15 is 0 Å². The first-order valence-corrected chi connectivity index (χ1v) is 13.7. The van der Waals surface area contributed by atoms with Crippen molar-refractivity contribution < 1.29 is 23.4 Å². The average Bonchev–Trinajstić information content (AvgIpc) is 3.20. The Bertz CT molecular complexity index is 1170. The predicted molar refractivity (Wildman–Crippen MR) is 140 cm³/mol. The highest BCUT2D eigenvalue weighted by molar-refractivity contribution is 7.68. The Balaban J connectivity index is 0.00000199. The molecule has 0 spiro atoms. The van der Waals surface area contributed by atoms with Gasteiger partial charge >= 0.3 is 13.5 Å². The Morgan fingerprint density at radius 3 is 2.24 bits per heavy atom. The fraction of sp³-hybridized carbons (Fsp3) is 0.346. The normalized spacial score (nSPS) is 12.6. The summed E-state index contributed by atoms with van der Waals surface area (Å²) in [5.74, 6) is -1.49. The molecule has 0 bridgehead atoms. The Labute approximate surface area is 205 Å². The first-order valence-electron chi connectivity index (χ1n) is 11.3. The van der Waals surface area contributed by atoms with Gasteiger partial charge in [0.2, 0.25) is 0 Å². The molecule has 1 heterocycles. The third-order valence-corrected chi connectivity index (χ3v) is 9.14. The molecule has 34 heavy (non-hydrogen) atoms. The van der Waals surface area contributed by atoms with E-state index in [1.165, 1.54) is 12.1 Å². The van der Waals surface area contributed by atoms with Gasteiger partial charge in [-0.1, -0.05) is 43.7 Å². The third kappa shape index (κ3) is 5.77. The lowest BCUT2D eigenvalue weighted by molar-refractivity contribution is 0.0703. The summed E-state index contributed by atoms with van der Waals surface area (Å²) < 4.78 is 35.4. The summed E-state index contributed by atoms with van der Waals surface area (Å²) in [5.41, 5.74) is 2.87. The lowest BCUT2D eigenvalue weighted by Crippen LogP contribution is -2.34. The van der Waals surface area contributed by atoms with Gasteiger partial charge in [0, 0.05) is 10.9 Å². The van der Waals surface area contributed by atoms with Gasteiger partial charge in [-0.15, -0.1) is 11.3 Å². The highest BCUT2D eigenvalue weighted by Crippen LogP contribution is 2.56. The lowest BCUT2D eigenvalue weighted by Gasteiger charge is -2.36. The summed E-state index contributed by atoms with van der Waals surface area (Å²) in [5, 5.41) is 10.5. The summed E-state index contributed by atoms with van der Waals surface area (Å²) in [6, 6.07) is 12.9. The molecule has 0 aliphatic carbocycles. The van der Waals surface area contributed by atoms with Crippen molar-refractivity contribution in [2.45, 2.75) is 54.5 Å². The predicted octanol–water partition coefficient (Wildman–Crippen LogP) is 7.67. The molecule has 5 nitrogen and oxygen atoms in total. The van der Waals surface area contributed by atoms with Gasteiger partial charge in [-0.25, -0.2) is 9.18 Å². The number of carboxylic acids is 1. The van der Waals surface area contributed by atoms with E-state index in [-0.39, 0.29) is 23.3 Å². The zero-order chi connectivity index (χ0) is 25.6. The minimum atomic E-state index is -3.65. The minimum Gasteiger partial charge on any atom is -0.477 e. The number of halogens is 1. The van der Waals surface area contributed by atoms with Crippen LogP contribution in [0.4, 0.5) is 10.1 Å². The van der Waals surface area contributed by atoms with Crippen molar-refractivity contribution in [1.82, 2.24) is 0 Å². The largest absolute Gasteiger partial charge is 0.477 e. The molecule has 0 aliphatic heterocycles. The van der Waals surface area contributed by atoms with Crippen LogP contribution in [0.25, 0.3) is 10.4 Å². The quantitative estimate of drug-likeness (QED) is 0.318. The zero-order valence-electron chi connectivity index (χ0n) is 20.8. The maximum absolute atomic E-state index is 14.5. The number of anilines is 1. The summed E-state index contributed by atoms with van der Waals surface area (Å²) >= 11 is 1.07. The molecule has 0 saturated heterocycles. The Morgan fingerprint density at radius 2 is 1.74 bits per heavy atom. The van der Waals surface area contributed by atoms with Gasteiger partial charge in [0.15, 0.2) is 0 Å². The van der Waals surface area contributed by atoms with E-state index < -0.39 is 13.5 Å². The van der Waals surface area contributed by atoms with Crippen LogP contribution in [0, 0.1) is 19.7 Å². The van der Waals surface area contributed by atoms with Gasteiger partial charge in [0.1, 0.15) is 10.7 Å². The number of rotatable bonds is 8. The van der Waals surface area contributed by atoms with E-state index in [2.05, 4.69) is 0 Å². The molecule has 1 aromatic heterocycles. The topological polar surface area (TPSA) is 66.8 Å². The SMILES string of the molecule is CC.CCOP(=O)(c1ccc(C)cc1C)N(c1cc(-c2ccc(F)cc2)sc1C(=O)O)C(C)C. The smallest absolute Gasteiger partial charge is 0.348 e. The molecule has 1 N–H and O–H groups in total. The molecule has 3 rings (SSSR count). The number of nitrogens with zero attached hydrogens (tertiary/aromatic N) is 1. The van der Waals surface area contributed by atoms with E-state index in [1.807, 2.05) is 53.7 Å². The fourth-order valence-corrected chi connectivity index (χ4v) is 7.46. The van der Waals surface area contributed by atoms with Crippen LogP contribution in [0.5, 0.6) is 0 Å². The number of aromatic carboxylic acids is 1. The second kappa shape index (κ2) is 11.8. The van der Waals surface area contributed by atoms with Crippen LogP contribution in [-0.4, -0.2) is 23.7 Å². The van der Waals surface area contributed by atoms with Crippen LogP contribution < -0.4 is 9.97 Å². The van der Waals surface area contributed by atoms with Gasteiger partial charge in [-0.3, -0.25) is 9.24 Å². The molecular weight excluding hydrogens is 472 g/mol. The number of carbonyl (C=O) groups is 1. The van der Waals surface area contributed by atoms with Gasteiger partial charge in [0.25, 0.3) is 0 Å². The van der Waals surface area contributed by atoms with Crippen molar-refractivity contribution in [3.63, 3.8) is 0 Å². The van der Waals surface area contributed by atoms with E-state index in [1.54, 1.807) is 35.9 Å². The number of hydrogen-bond donors (Lipinski definition) is 1. The number of carboxylic acid groups (broad SMARTS) is 1. The fourth-order valence-electron chi connectivity index (χ4n) is 3.73. The monoisotopic (exact) mass is 505 g/mol. The molecule has 0 fully saturated rings. The Hall–Kier alpha value is -2.47. The van der Waals surface area contributed by atoms with Crippen LogP contribution in [0.1, 0.15) is 55.4 Å². The molecule has 3 aromatic rings. The van der Waals surface area contributed by atoms with Crippen molar-refractivity contribution in [2.75, 3.05) is 11.3 Å². The highest BCUT2D eigenvalue weighted by Gasteiger charge is 2.40. The molecule has 0 aliphatic rings. The molecule has 1 atom stereocenters. The molecular formula is C26H33FNO4PS. The maximum atomic E-state index is 14.5. The first kappa shape index (κ1) is 27.8. The van der Waals surface area contributed by atoms with Crippen LogP contribution in [0.2, 0.25) is 0 Å². The molecule has 184 valence electrons. The highest BCUT2D eigenvalue weighted by atomic mass is 32.1. The standard InChI is InChI=1S/C24H27FNO4PS.C2H6/c1-6-30-31(29,21-12-7-16(4)13-17(21)5)26(15(2)3)20-14-22(32-23(20)24(27)28)18-8-10-19(25)11-9-18;1-2/h7-15H,6H2,1-5H3,(H,27,28);1-2H3. The summed E-state index contributed by atoms with van der Waals surface area (Å²) in [7, 11) is -3.65. The van der Waals surface area contributed by atoms with Crippen molar-refractivity contribution in [3.8, 4) is 10.4 Å². The molecule has 0 radical (unpaired) electrons. The summed E-state index contributed by atoms with van der Waals surface area (Å²) in [6.45, 7) is 13.5. The number of aryl methyl sites for hydroxylation is 2. The van der Waals surface area contributed by atoms with Crippen molar-refractivity contribution >= 4 is 35.8 Å². The molecule has 1 unspecified atom stereocenters. The minimum absolute atomic E-state index is 0.0581. The van der Waals surface area contributed by atoms with Gasteiger partial charge in [-0.2, -0.15) is 0 Å². The van der Waals surface area contributed by atoms with Gasteiger partial charge < -0.3 is 9.63 Å². The number of hydrogen-bond acceptors (Lipinski definition) is 4. The van der Waals surface area contributed by atoms with Crippen molar-refractivity contribution in [1.29, 1.82) is 0 Å². The molecule has 0 amide bonds. The third-order valence-electron chi connectivity index (χ3n) is 5.02. The Kier molecular flexibility index (Phi) is 9.63. The maximum Gasteiger partial charge on any atom is 0.348 e. The summed E-state index contributed by atoms with van der Waals surface area (Å²) in [6.07, 6.45) is 0. The number of thiophene rings is 1. The zero-order valence-corrected chi connectivity index (χ0v) is 22.5. The summed E-state index contributed by atoms with van der Waals surface area (Å²) in [4.78, 5) is 12.9. The average molecular weight is 506 g/mol. The molecule has 2 aromatic carbocycles.